The van der Waals surface area contributed by atoms with E-state index in [2.05, 4.69) is 17.2 Å². The van der Waals surface area contributed by atoms with Gasteiger partial charge < -0.3 is 10.4 Å². The molecular formula is C11H13NO2S. The van der Waals surface area contributed by atoms with Crippen molar-refractivity contribution in [1.82, 2.24) is 5.32 Å². The fourth-order valence-electron chi connectivity index (χ4n) is 0.980. The van der Waals surface area contributed by atoms with E-state index in [1.165, 1.54) is 11.3 Å². The molecule has 0 atom stereocenters. The second kappa shape index (κ2) is 6.23. The second-order valence-electron chi connectivity index (χ2n) is 2.80. The third kappa shape index (κ3) is 3.74. The Bertz CT molecular complexity index is 387. The minimum absolute atomic E-state index is 0.0577. The van der Waals surface area contributed by atoms with Crippen molar-refractivity contribution in [3.05, 3.63) is 21.9 Å². The summed E-state index contributed by atoms with van der Waals surface area (Å²) in [6.45, 7) is 2.58. The zero-order valence-electron chi connectivity index (χ0n) is 8.54. The molecule has 80 valence electrons. The van der Waals surface area contributed by atoms with E-state index < -0.39 is 0 Å². The van der Waals surface area contributed by atoms with Gasteiger partial charge in [0.15, 0.2) is 0 Å². The van der Waals surface area contributed by atoms with Crippen LogP contribution in [0.5, 0.6) is 0 Å². The highest BCUT2D eigenvalue weighted by molar-refractivity contribution is 7.14. The Hall–Kier alpha value is -1.31. The highest BCUT2D eigenvalue weighted by atomic mass is 32.1. The van der Waals surface area contributed by atoms with Crippen molar-refractivity contribution in [2.24, 2.45) is 0 Å². The second-order valence-corrected chi connectivity index (χ2v) is 3.88. The van der Waals surface area contributed by atoms with Crippen molar-refractivity contribution in [2.75, 3.05) is 13.2 Å². The monoisotopic (exact) mass is 223 g/mol. The summed E-state index contributed by atoms with van der Waals surface area (Å²) in [6.07, 6.45) is 0.467. The van der Waals surface area contributed by atoms with Gasteiger partial charge in [-0.3, -0.25) is 4.79 Å². The summed E-state index contributed by atoms with van der Waals surface area (Å²) in [4.78, 5) is 12.9. The molecular weight excluding hydrogens is 210 g/mol. The van der Waals surface area contributed by atoms with E-state index in [0.29, 0.717) is 17.8 Å². The van der Waals surface area contributed by atoms with Crippen molar-refractivity contribution in [1.29, 1.82) is 0 Å². The lowest BCUT2D eigenvalue weighted by Crippen LogP contribution is -2.21. The molecule has 0 saturated carbocycles. The van der Waals surface area contributed by atoms with Crippen LogP contribution >= 0.6 is 11.3 Å². The molecule has 0 aliphatic rings. The summed E-state index contributed by atoms with van der Waals surface area (Å²) >= 11 is 1.36. The molecule has 15 heavy (non-hydrogen) atoms. The van der Waals surface area contributed by atoms with Crippen LogP contribution in [0.4, 0.5) is 0 Å². The highest BCUT2D eigenvalue weighted by Gasteiger charge is 2.06. The standard InChI is InChI=1S/C11H13NO2S/c1-2-12-11(14)10-7-6-9(15-10)5-3-4-8-13/h6-7,13H,2,4,8H2,1H3,(H,12,14). The van der Waals surface area contributed by atoms with Gasteiger partial charge in [0, 0.05) is 13.0 Å². The number of hydrogen-bond acceptors (Lipinski definition) is 3. The molecule has 2 N–H and O–H groups in total. The molecule has 0 spiro atoms. The van der Waals surface area contributed by atoms with Crippen LogP contribution in [0.25, 0.3) is 0 Å². The van der Waals surface area contributed by atoms with Gasteiger partial charge in [-0.2, -0.15) is 0 Å². The summed E-state index contributed by atoms with van der Waals surface area (Å²) in [6, 6.07) is 3.58. The summed E-state index contributed by atoms with van der Waals surface area (Å²) in [5.41, 5.74) is 0. The number of nitrogens with one attached hydrogen (secondary N) is 1. The van der Waals surface area contributed by atoms with E-state index in [-0.39, 0.29) is 12.5 Å². The Balaban J connectivity index is 2.65. The Morgan fingerprint density at radius 2 is 2.40 bits per heavy atom. The van der Waals surface area contributed by atoms with E-state index in [9.17, 15) is 4.79 Å². The third-order valence-electron chi connectivity index (χ3n) is 1.62. The predicted octanol–water partition coefficient (Wildman–Crippen LogP) is 1.23. The maximum atomic E-state index is 11.4. The van der Waals surface area contributed by atoms with Crippen LogP contribution in [0.2, 0.25) is 0 Å². The summed E-state index contributed by atoms with van der Waals surface area (Å²) < 4.78 is 0. The van der Waals surface area contributed by atoms with Crippen molar-refractivity contribution in [2.45, 2.75) is 13.3 Å². The molecule has 1 rings (SSSR count). The van der Waals surface area contributed by atoms with E-state index in [1.807, 2.05) is 13.0 Å². The van der Waals surface area contributed by atoms with Gasteiger partial charge in [0.1, 0.15) is 0 Å². The van der Waals surface area contributed by atoms with Crippen LogP contribution in [0, 0.1) is 11.8 Å². The SMILES string of the molecule is CCNC(=O)c1ccc(C#CCCO)s1. The first kappa shape index (κ1) is 11.8. The minimum Gasteiger partial charge on any atom is -0.395 e. The van der Waals surface area contributed by atoms with E-state index in [1.54, 1.807) is 6.07 Å². The average Bonchev–Trinajstić information content (AvgIpc) is 2.67. The number of hydrogen-bond donors (Lipinski definition) is 2. The normalized spacial score (nSPS) is 9.20. The molecule has 1 aromatic rings. The number of thiophene rings is 1. The number of carbonyl (C=O) groups is 1. The molecule has 0 aromatic carbocycles. The maximum Gasteiger partial charge on any atom is 0.261 e. The topological polar surface area (TPSA) is 49.3 Å². The Morgan fingerprint density at radius 3 is 3.07 bits per heavy atom. The van der Waals surface area contributed by atoms with Gasteiger partial charge in [0.2, 0.25) is 0 Å². The van der Waals surface area contributed by atoms with Crippen molar-refractivity contribution < 1.29 is 9.90 Å². The molecule has 1 amide bonds. The summed E-state index contributed by atoms with van der Waals surface area (Å²) in [5, 5.41) is 11.3. The Kier molecular flexibility index (Phi) is 4.88. The molecule has 1 aromatic heterocycles. The first-order valence-corrected chi connectivity index (χ1v) is 5.57. The Morgan fingerprint density at radius 1 is 1.60 bits per heavy atom. The van der Waals surface area contributed by atoms with Crippen molar-refractivity contribution in [3.8, 4) is 11.8 Å². The van der Waals surface area contributed by atoms with Gasteiger partial charge in [-0.05, 0) is 19.1 Å². The van der Waals surface area contributed by atoms with E-state index in [4.69, 9.17) is 5.11 Å². The first-order chi connectivity index (χ1) is 7.27. The maximum absolute atomic E-state index is 11.4. The smallest absolute Gasteiger partial charge is 0.261 e. The van der Waals surface area contributed by atoms with Crippen molar-refractivity contribution in [3.63, 3.8) is 0 Å². The van der Waals surface area contributed by atoms with Crippen molar-refractivity contribution >= 4 is 17.2 Å². The van der Waals surface area contributed by atoms with Crippen LogP contribution in [-0.4, -0.2) is 24.2 Å². The van der Waals surface area contributed by atoms with Crippen LogP contribution < -0.4 is 5.32 Å². The lowest BCUT2D eigenvalue weighted by molar-refractivity contribution is 0.0960. The minimum atomic E-state index is -0.0577. The predicted molar refractivity (Wildman–Crippen MR) is 60.9 cm³/mol. The molecule has 0 bridgehead atoms. The van der Waals surface area contributed by atoms with Crippen LogP contribution in [-0.2, 0) is 0 Å². The van der Waals surface area contributed by atoms with Crippen LogP contribution in [0.15, 0.2) is 12.1 Å². The molecule has 3 nitrogen and oxygen atoms in total. The molecule has 0 saturated heterocycles. The largest absolute Gasteiger partial charge is 0.395 e. The van der Waals surface area contributed by atoms with Gasteiger partial charge >= 0.3 is 0 Å². The van der Waals surface area contributed by atoms with E-state index in [0.717, 1.165) is 4.88 Å². The van der Waals surface area contributed by atoms with Gasteiger partial charge in [-0.1, -0.05) is 11.8 Å². The number of aliphatic hydroxyl groups is 1. The molecule has 4 heteroatoms. The molecule has 0 radical (unpaired) electrons. The fraction of sp³-hybridized carbons (Fsp3) is 0.364. The quantitative estimate of drug-likeness (QED) is 0.757. The zero-order chi connectivity index (χ0) is 11.1. The number of amides is 1. The first-order valence-electron chi connectivity index (χ1n) is 4.75. The highest BCUT2D eigenvalue weighted by Crippen LogP contribution is 2.14. The van der Waals surface area contributed by atoms with Gasteiger partial charge in [0.05, 0.1) is 16.4 Å². The molecule has 1 heterocycles. The number of carbonyl (C=O) groups excluding carboxylic acids is 1. The third-order valence-corrected chi connectivity index (χ3v) is 2.61. The molecule has 0 aliphatic heterocycles. The Labute approximate surface area is 93.1 Å². The number of aliphatic hydroxyl groups excluding tert-OH is 1. The number of rotatable bonds is 3. The van der Waals surface area contributed by atoms with Crippen LogP contribution in [0.3, 0.4) is 0 Å². The molecule has 0 aliphatic carbocycles. The lowest BCUT2D eigenvalue weighted by atomic mass is 10.4. The lowest BCUT2D eigenvalue weighted by Gasteiger charge is -1.96. The summed E-state index contributed by atoms with van der Waals surface area (Å²) in [5.74, 6) is 5.65. The fourth-order valence-corrected chi connectivity index (χ4v) is 1.78. The van der Waals surface area contributed by atoms with Gasteiger partial charge in [-0.15, -0.1) is 11.3 Å². The zero-order valence-corrected chi connectivity index (χ0v) is 9.36. The van der Waals surface area contributed by atoms with Gasteiger partial charge in [-0.25, -0.2) is 0 Å². The summed E-state index contributed by atoms with van der Waals surface area (Å²) in [7, 11) is 0. The van der Waals surface area contributed by atoms with Gasteiger partial charge in [0.25, 0.3) is 5.91 Å². The molecule has 0 unspecified atom stereocenters. The van der Waals surface area contributed by atoms with E-state index >= 15 is 0 Å². The average molecular weight is 223 g/mol. The van der Waals surface area contributed by atoms with Crippen LogP contribution in [0.1, 0.15) is 27.9 Å². The molecule has 0 fully saturated rings.